The summed E-state index contributed by atoms with van der Waals surface area (Å²) in [5.74, 6) is 2.07. The Labute approximate surface area is 214 Å². The van der Waals surface area contributed by atoms with Gasteiger partial charge in [0.1, 0.15) is 5.52 Å². The lowest BCUT2D eigenvalue weighted by Gasteiger charge is -2.34. The number of carbonyl (C=O) groups excluding carboxylic acids is 1. The van der Waals surface area contributed by atoms with E-state index in [9.17, 15) is 4.79 Å². The molecule has 0 saturated carbocycles. The minimum Gasteiger partial charge on any atom is -0.493 e. The molecule has 4 aromatic rings. The minimum atomic E-state index is -0.0730. The van der Waals surface area contributed by atoms with Gasteiger partial charge in [0.25, 0.3) is 0 Å². The smallest absolute Gasteiger partial charge is 0.203 e. The summed E-state index contributed by atoms with van der Waals surface area (Å²) >= 11 is 0. The van der Waals surface area contributed by atoms with E-state index in [2.05, 4.69) is 27.3 Å². The number of ketones is 1. The van der Waals surface area contributed by atoms with Crippen LogP contribution >= 0.6 is 0 Å². The second-order valence-electron chi connectivity index (χ2n) is 9.26. The fourth-order valence-corrected chi connectivity index (χ4v) is 5.24. The number of aromatic nitrogens is 1. The van der Waals surface area contributed by atoms with Crippen LogP contribution in [0.3, 0.4) is 0 Å². The fraction of sp³-hybridized carbons (Fsp3) is 0.286. The third kappa shape index (κ3) is 3.65. The van der Waals surface area contributed by atoms with Crippen LogP contribution in [0.25, 0.3) is 22.2 Å². The molecule has 0 radical (unpaired) electrons. The lowest BCUT2D eigenvalue weighted by molar-refractivity contribution is 0.104. The average Bonchev–Trinajstić information content (AvgIpc) is 3.37. The highest BCUT2D eigenvalue weighted by Gasteiger charge is 2.34. The predicted octanol–water partition coefficient (Wildman–Crippen LogP) is 4.56. The molecule has 1 aliphatic heterocycles. The van der Waals surface area contributed by atoms with Crippen molar-refractivity contribution in [3.8, 4) is 28.6 Å². The van der Waals surface area contributed by atoms with Crippen molar-refractivity contribution in [1.29, 1.82) is 0 Å². The Bertz CT molecular complexity index is 1500. The number of hydrogen-bond donors (Lipinski definition) is 1. The number of methoxy groups -OCH3 is 3. The average molecular weight is 501 g/mol. The van der Waals surface area contributed by atoms with Crippen LogP contribution in [-0.4, -0.2) is 70.4 Å². The molecule has 1 aliphatic carbocycles. The standard InChI is InChI=1S/C28H28N4O5/c1-31-9-11-32(12-10-31)20-15-19(29-16-13-21(34-2)28(36-4)22(14-16)35-3)23-24-25(20)30-37-27(24)18-8-6-5-7-17(18)26(23)33/h5-8,13-15,29H,9-12H2,1-4H3. The van der Waals surface area contributed by atoms with Crippen molar-refractivity contribution in [2.45, 2.75) is 0 Å². The molecule has 6 rings (SSSR count). The van der Waals surface area contributed by atoms with Crippen LogP contribution in [0.15, 0.2) is 47.0 Å². The van der Waals surface area contributed by atoms with Gasteiger partial charge in [-0.1, -0.05) is 29.4 Å². The van der Waals surface area contributed by atoms with E-state index in [0.717, 1.165) is 42.8 Å². The molecule has 190 valence electrons. The van der Waals surface area contributed by atoms with E-state index in [1.165, 1.54) is 0 Å². The quantitative estimate of drug-likeness (QED) is 0.360. The zero-order chi connectivity index (χ0) is 25.7. The molecule has 0 spiro atoms. The number of ether oxygens (including phenoxy) is 3. The Kier molecular flexibility index (Phi) is 5.64. The largest absolute Gasteiger partial charge is 0.493 e. The second kappa shape index (κ2) is 9.01. The van der Waals surface area contributed by atoms with E-state index < -0.39 is 0 Å². The first-order valence-corrected chi connectivity index (χ1v) is 12.1. The maximum Gasteiger partial charge on any atom is 0.203 e. The van der Waals surface area contributed by atoms with E-state index in [-0.39, 0.29) is 5.78 Å². The van der Waals surface area contributed by atoms with E-state index in [1.807, 2.05) is 42.5 Å². The minimum absolute atomic E-state index is 0.0730. The van der Waals surface area contributed by atoms with Crippen LogP contribution < -0.4 is 24.4 Å². The summed E-state index contributed by atoms with van der Waals surface area (Å²) in [6, 6.07) is 13.2. The van der Waals surface area contributed by atoms with Crippen molar-refractivity contribution in [3.05, 3.63) is 53.6 Å². The molecule has 1 N–H and O–H groups in total. The first-order chi connectivity index (χ1) is 18.0. The number of nitrogens with zero attached hydrogens (tertiary/aromatic N) is 3. The van der Waals surface area contributed by atoms with Gasteiger partial charge in [-0.3, -0.25) is 4.79 Å². The summed E-state index contributed by atoms with van der Waals surface area (Å²) in [6.07, 6.45) is 0. The van der Waals surface area contributed by atoms with Gasteiger partial charge >= 0.3 is 0 Å². The summed E-state index contributed by atoms with van der Waals surface area (Å²) in [5.41, 5.74) is 4.89. The van der Waals surface area contributed by atoms with E-state index in [0.29, 0.717) is 51.0 Å². The topological polar surface area (TPSA) is 89.3 Å². The molecule has 0 amide bonds. The number of anilines is 3. The molecule has 0 unspecified atom stereocenters. The normalized spacial score (nSPS) is 15.0. The number of fused-ring (bicyclic) bond motifs is 2. The molecule has 9 nitrogen and oxygen atoms in total. The third-order valence-electron chi connectivity index (χ3n) is 7.17. The molecule has 2 aliphatic rings. The monoisotopic (exact) mass is 500 g/mol. The molecule has 3 aromatic carbocycles. The Morgan fingerprint density at radius 3 is 2.24 bits per heavy atom. The zero-order valence-corrected chi connectivity index (χ0v) is 21.3. The van der Waals surface area contributed by atoms with E-state index in [1.54, 1.807) is 21.3 Å². The molecular formula is C28H28N4O5. The molecular weight excluding hydrogens is 472 g/mol. The highest BCUT2D eigenvalue weighted by atomic mass is 16.5. The first kappa shape index (κ1) is 23.2. The van der Waals surface area contributed by atoms with Gasteiger partial charge in [-0.15, -0.1) is 0 Å². The number of nitrogens with one attached hydrogen (secondary N) is 1. The van der Waals surface area contributed by atoms with E-state index >= 15 is 0 Å². The summed E-state index contributed by atoms with van der Waals surface area (Å²) in [6.45, 7) is 3.57. The fourth-order valence-electron chi connectivity index (χ4n) is 5.24. The lowest BCUT2D eigenvalue weighted by atomic mass is 9.86. The van der Waals surface area contributed by atoms with Crippen LogP contribution in [0.4, 0.5) is 17.1 Å². The highest BCUT2D eigenvalue weighted by Crippen LogP contribution is 2.47. The van der Waals surface area contributed by atoms with Crippen LogP contribution in [0.2, 0.25) is 0 Å². The van der Waals surface area contributed by atoms with Gasteiger partial charge in [0, 0.05) is 55.1 Å². The van der Waals surface area contributed by atoms with Gasteiger partial charge in [-0.05, 0) is 13.1 Å². The third-order valence-corrected chi connectivity index (χ3v) is 7.17. The molecule has 1 aromatic heterocycles. The van der Waals surface area contributed by atoms with Crippen LogP contribution in [-0.2, 0) is 0 Å². The summed E-state index contributed by atoms with van der Waals surface area (Å²) in [7, 11) is 6.84. The molecule has 1 fully saturated rings. The second-order valence-corrected chi connectivity index (χ2v) is 9.26. The van der Waals surface area contributed by atoms with Crippen molar-refractivity contribution in [1.82, 2.24) is 10.1 Å². The van der Waals surface area contributed by atoms with E-state index in [4.69, 9.17) is 18.7 Å². The molecule has 9 heteroatoms. The molecule has 37 heavy (non-hydrogen) atoms. The van der Waals surface area contributed by atoms with Crippen LogP contribution in [0, 0.1) is 0 Å². The maximum absolute atomic E-state index is 13.9. The zero-order valence-electron chi connectivity index (χ0n) is 21.3. The molecule has 0 bridgehead atoms. The van der Waals surface area contributed by atoms with Gasteiger partial charge in [0.15, 0.2) is 23.0 Å². The van der Waals surface area contributed by atoms with Gasteiger partial charge < -0.3 is 33.9 Å². The van der Waals surface area contributed by atoms with Crippen molar-refractivity contribution >= 4 is 33.7 Å². The lowest BCUT2D eigenvalue weighted by Crippen LogP contribution is -2.44. The van der Waals surface area contributed by atoms with Crippen LogP contribution in [0.1, 0.15) is 15.9 Å². The number of benzene rings is 3. The number of hydrogen-bond acceptors (Lipinski definition) is 9. The summed E-state index contributed by atoms with van der Waals surface area (Å²) in [5, 5.41) is 8.68. The number of piperazine rings is 1. The Balaban J connectivity index is 1.56. The maximum atomic E-state index is 13.9. The van der Waals surface area contributed by atoms with Crippen molar-refractivity contribution in [3.63, 3.8) is 0 Å². The Hall–Kier alpha value is -4.24. The predicted molar refractivity (Wildman–Crippen MR) is 142 cm³/mol. The summed E-state index contributed by atoms with van der Waals surface area (Å²) in [4.78, 5) is 18.5. The first-order valence-electron chi connectivity index (χ1n) is 12.1. The molecule has 1 saturated heterocycles. The number of likely N-dealkylation sites (N-methyl/N-ethyl adjacent to an activating group) is 1. The highest BCUT2D eigenvalue weighted by molar-refractivity contribution is 6.28. The van der Waals surface area contributed by atoms with Crippen molar-refractivity contribution < 1.29 is 23.5 Å². The van der Waals surface area contributed by atoms with Gasteiger partial charge in [0.05, 0.1) is 43.7 Å². The van der Waals surface area contributed by atoms with Crippen LogP contribution in [0.5, 0.6) is 17.2 Å². The van der Waals surface area contributed by atoms with Crippen molar-refractivity contribution in [2.75, 3.05) is 64.8 Å². The number of carbonyl (C=O) groups is 1. The Morgan fingerprint density at radius 2 is 1.59 bits per heavy atom. The Morgan fingerprint density at radius 1 is 0.919 bits per heavy atom. The molecule has 2 heterocycles. The number of rotatable bonds is 6. The summed E-state index contributed by atoms with van der Waals surface area (Å²) < 4.78 is 22.5. The van der Waals surface area contributed by atoms with Gasteiger partial charge in [0.2, 0.25) is 5.75 Å². The van der Waals surface area contributed by atoms with Crippen molar-refractivity contribution in [2.24, 2.45) is 0 Å². The van der Waals surface area contributed by atoms with Gasteiger partial charge in [-0.25, -0.2) is 0 Å². The molecule has 0 atom stereocenters. The SMILES string of the molecule is COc1cc(Nc2cc(N3CCN(C)CC3)c3noc4c3c2C(=O)c2ccccc2-4)cc(OC)c1OC. The van der Waals surface area contributed by atoms with Gasteiger partial charge in [-0.2, -0.15) is 0 Å².